The van der Waals surface area contributed by atoms with Gasteiger partial charge in [-0.1, -0.05) is 0 Å². The van der Waals surface area contributed by atoms with Gasteiger partial charge in [0, 0.05) is 16.8 Å². The fourth-order valence-electron chi connectivity index (χ4n) is 2.03. The van der Waals surface area contributed by atoms with Gasteiger partial charge in [-0.3, -0.25) is 15.2 Å². The maximum Gasteiger partial charge on any atom is 0.248 e. The monoisotopic (exact) mass is 263 g/mol. The number of hydrazine groups is 1. The van der Waals surface area contributed by atoms with Crippen molar-refractivity contribution in [1.29, 1.82) is 0 Å². The zero-order valence-electron chi connectivity index (χ0n) is 10.9. The molecule has 19 heavy (non-hydrogen) atoms. The van der Waals surface area contributed by atoms with Crippen LogP contribution in [0.25, 0.3) is 6.08 Å². The molecule has 0 aromatic heterocycles. The molecule has 0 spiro atoms. The number of carbonyl (C=O) groups excluding carboxylic acids is 1. The van der Waals surface area contributed by atoms with Crippen LogP contribution in [0, 0.1) is 0 Å². The van der Waals surface area contributed by atoms with Crippen LogP contribution in [0.4, 0.5) is 5.69 Å². The smallest absolute Gasteiger partial charge is 0.248 e. The summed E-state index contributed by atoms with van der Waals surface area (Å²) in [6.45, 7) is 2.41. The van der Waals surface area contributed by atoms with Crippen LogP contribution in [0.15, 0.2) is 17.8 Å². The van der Waals surface area contributed by atoms with Crippen LogP contribution in [0.3, 0.4) is 0 Å². The maximum atomic E-state index is 11.3. The minimum atomic E-state index is -0.495. The molecule has 2 rings (SSSR count). The molecule has 6 heteroatoms. The van der Waals surface area contributed by atoms with Crippen molar-refractivity contribution in [3.05, 3.63) is 29.0 Å². The van der Waals surface area contributed by atoms with Gasteiger partial charge in [0.15, 0.2) is 0 Å². The molecule has 4 N–H and O–H groups in total. The Morgan fingerprint density at radius 2 is 2.26 bits per heavy atom. The van der Waals surface area contributed by atoms with Crippen molar-refractivity contribution in [2.75, 3.05) is 25.7 Å². The Kier molecular flexibility index (Phi) is 3.62. The van der Waals surface area contributed by atoms with Gasteiger partial charge in [0.2, 0.25) is 5.91 Å². The first-order valence-corrected chi connectivity index (χ1v) is 5.92. The van der Waals surface area contributed by atoms with Crippen molar-refractivity contribution in [1.82, 2.24) is 5.01 Å². The Labute approximate surface area is 111 Å². The molecule has 6 nitrogen and oxygen atoms in total. The van der Waals surface area contributed by atoms with E-state index in [4.69, 9.17) is 15.6 Å². The average Bonchev–Trinajstić information content (AvgIpc) is 2.38. The number of nitrogens with two attached hydrogens (primary N) is 1. The molecular weight excluding hydrogens is 246 g/mol. The SMILES string of the molecule is COc1cc(C(N)=O)cc2c1NN(CCO)C(C)=C2. The lowest BCUT2D eigenvalue weighted by molar-refractivity contribution is 0.1000. The average molecular weight is 263 g/mol. The second kappa shape index (κ2) is 5.19. The summed E-state index contributed by atoms with van der Waals surface area (Å²) in [6, 6.07) is 3.31. The molecule has 1 amide bonds. The highest BCUT2D eigenvalue weighted by atomic mass is 16.5. The first kappa shape index (κ1) is 13.2. The number of nitrogens with zero attached hydrogens (tertiary/aromatic N) is 1. The largest absolute Gasteiger partial charge is 0.494 e. The van der Waals surface area contributed by atoms with Crippen molar-refractivity contribution < 1.29 is 14.6 Å². The van der Waals surface area contributed by atoms with Crippen LogP contribution < -0.4 is 15.9 Å². The third kappa shape index (κ3) is 2.48. The Hall–Kier alpha value is -2.21. The number of benzene rings is 1. The van der Waals surface area contributed by atoms with E-state index in [-0.39, 0.29) is 6.61 Å². The standard InChI is InChI=1S/C13H17N3O3/c1-8-5-9-6-10(13(14)18)7-11(19-2)12(9)15-16(8)3-4-17/h5-7,15,17H,3-4H2,1-2H3,(H2,14,18). The highest BCUT2D eigenvalue weighted by Crippen LogP contribution is 2.35. The predicted molar refractivity (Wildman–Crippen MR) is 72.6 cm³/mol. The Balaban J connectivity index is 2.49. The number of hydrogen-bond acceptors (Lipinski definition) is 5. The predicted octanol–water partition coefficient (Wildman–Crippen LogP) is 0.790. The molecule has 0 saturated heterocycles. The van der Waals surface area contributed by atoms with Gasteiger partial charge in [-0.15, -0.1) is 0 Å². The van der Waals surface area contributed by atoms with Crippen LogP contribution in [0.2, 0.25) is 0 Å². The zero-order valence-corrected chi connectivity index (χ0v) is 10.9. The number of allylic oxidation sites excluding steroid dienone is 1. The van der Waals surface area contributed by atoms with E-state index in [1.807, 2.05) is 18.0 Å². The molecule has 0 fully saturated rings. The molecule has 0 bridgehead atoms. The Morgan fingerprint density at radius 3 is 2.84 bits per heavy atom. The van der Waals surface area contributed by atoms with Gasteiger partial charge in [-0.25, -0.2) is 0 Å². The number of ether oxygens (including phenoxy) is 1. The van der Waals surface area contributed by atoms with Crippen molar-refractivity contribution in [3.8, 4) is 5.75 Å². The molecule has 1 aromatic carbocycles. The first-order chi connectivity index (χ1) is 9.06. The van der Waals surface area contributed by atoms with Crippen molar-refractivity contribution >= 4 is 17.7 Å². The van der Waals surface area contributed by atoms with E-state index >= 15 is 0 Å². The second-order valence-corrected chi connectivity index (χ2v) is 4.28. The highest BCUT2D eigenvalue weighted by Gasteiger charge is 2.20. The molecule has 1 aliphatic heterocycles. The topological polar surface area (TPSA) is 87.8 Å². The zero-order chi connectivity index (χ0) is 14.0. The number of carbonyl (C=O) groups is 1. The van der Waals surface area contributed by atoms with Crippen LogP contribution in [-0.2, 0) is 0 Å². The molecular formula is C13H17N3O3. The number of aliphatic hydroxyl groups excluding tert-OH is 1. The Bertz CT molecular complexity index is 540. The highest BCUT2D eigenvalue weighted by molar-refractivity contribution is 5.95. The van der Waals surface area contributed by atoms with Gasteiger partial charge in [0.1, 0.15) is 11.4 Å². The van der Waals surface area contributed by atoms with E-state index < -0.39 is 5.91 Å². The summed E-state index contributed by atoms with van der Waals surface area (Å²) < 4.78 is 5.28. The molecule has 1 heterocycles. The Morgan fingerprint density at radius 1 is 1.53 bits per heavy atom. The minimum Gasteiger partial charge on any atom is -0.494 e. The van der Waals surface area contributed by atoms with Crippen LogP contribution in [0.1, 0.15) is 22.8 Å². The summed E-state index contributed by atoms with van der Waals surface area (Å²) >= 11 is 0. The van der Waals surface area contributed by atoms with Crippen LogP contribution in [0.5, 0.6) is 5.75 Å². The van der Waals surface area contributed by atoms with E-state index in [2.05, 4.69) is 5.43 Å². The fraction of sp³-hybridized carbons (Fsp3) is 0.308. The van der Waals surface area contributed by atoms with Gasteiger partial charge in [-0.2, -0.15) is 0 Å². The summed E-state index contributed by atoms with van der Waals surface area (Å²) in [7, 11) is 1.53. The first-order valence-electron chi connectivity index (χ1n) is 5.92. The third-order valence-corrected chi connectivity index (χ3v) is 3.00. The number of hydrogen-bond donors (Lipinski definition) is 3. The molecule has 0 unspecified atom stereocenters. The molecule has 0 aliphatic carbocycles. The molecule has 0 radical (unpaired) electrons. The van der Waals surface area contributed by atoms with E-state index in [1.165, 1.54) is 7.11 Å². The van der Waals surface area contributed by atoms with E-state index in [9.17, 15) is 4.79 Å². The normalized spacial score (nSPS) is 13.4. The van der Waals surface area contributed by atoms with E-state index in [0.29, 0.717) is 17.9 Å². The second-order valence-electron chi connectivity index (χ2n) is 4.28. The van der Waals surface area contributed by atoms with Gasteiger partial charge >= 0.3 is 0 Å². The summed E-state index contributed by atoms with van der Waals surface area (Å²) in [5, 5.41) is 10.8. The molecule has 0 saturated carbocycles. The lowest BCUT2D eigenvalue weighted by Gasteiger charge is -2.32. The number of aliphatic hydroxyl groups is 1. The quantitative estimate of drug-likeness (QED) is 0.747. The summed E-state index contributed by atoms with van der Waals surface area (Å²) in [4.78, 5) is 11.3. The number of anilines is 1. The van der Waals surface area contributed by atoms with Crippen molar-refractivity contribution in [3.63, 3.8) is 0 Å². The van der Waals surface area contributed by atoms with Gasteiger partial charge in [-0.05, 0) is 25.1 Å². The van der Waals surface area contributed by atoms with Crippen LogP contribution in [-0.4, -0.2) is 36.3 Å². The summed E-state index contributed by atoms with van der Waals surface area (Å²) in [5.74, 6) is 0.0444. The fourth-order valence-corrected chi connectivity index (χ4v) is 2.03. The van der Waals surface area contributed by atoms with Crippen molar-refractivity contribution in [2.24, 2.45) is 5.73 Å². The third-order valence-electron chi connectivity index (χ3n) is 3.00. The molecule has 0 atom stereocenters. The lowest BCUT2D eigenvalue weighted by Crippen LogP contribution is -2.33. The summed E-state index contributed by atoms with van der Waals surface area (Å²) in [6.07, 6.45) is 1.91. The van der Waals surface area contributed by atoms with Gasteiger partial charge < -0.3 is 15.6 Å². The maximum absolute atomic E-state index is 11.3. The number of β-amino-alcohol motifs (C(OH)–C–C–N with tert-alkyl or cyclic N) is 1. The van der Waals surface area contributed by atoms with Gasteiger partial charge in [0.05, 0.1) is 20.3 Å². The number of amides is 1. The van der Waals surface area contributed by atoms with Crippen molar-refractivity contribution in [2.45, 2.75) is 6.92 Å². The number of fused-ring (bicyclic) bond motifs is 1. The molecule has 1 aromatic rings. The number of primary amides is 1. The molecule has 102 valence electrons. The van der Waals surface area contributed by atoms with E-state index in [1.54, 1.807) is 12.1 Å². The van der Waals surface area contributed by atoms with Crippen LogP contribution >= 0.6 is 0 Å². The number of methoxy groups -OCH3 is 1. The molecule has 1 aliphatic rings. The number of nitrogens with one attached hydrogen (secondary N) is 1. The van der Waals surface area contributed by atoms with E-state index in [0.717, 1.165) is 16.9 Å². The minimum absolute atomic E-state index is 0.0369. The van der Waals surface area contributed by atoms with Gasteiger partial charge in [0.25, 0.3) is 0 Å². The number of rotatable bonds is 4. The lowest BCUT2D eigenvalue weighted by atomic mass is 10.0. The summed E-state index contributed by atoms with van der Waals surface area (Å²) in [5.41, 5.74) is 11.4.